The van der Waals surface area contributed by atoms with E-state index in [0.29, 0.717) is 11.3 Å². The highest BCUT2D eigenvalue weighted by molar-refractivity contribution is 6.31. The van der Waals surface area contributed by atoms with Crippen LogP contribution in [-0.2, 0) is 4.79 Å². The monoisotopic (exact) mass is 309 g/mol. The molecule has 2 nitrogen and oxygen atoms in total. The number of hydrogen-bond donors (Lipinski definition) is 1. The van der Waals surface area contributed by atoms with Gasteiger partial charge in [-0.3, -0.25) is 4.79 Å². The Balaban J connectivity index is 3.10. The minimum absolute atomic E-state index is 0.0106. The number of halogens is 2. The Bertz CT molecular complexity index is 613. The second-order valence-electron chi connectivity index (χ2n) is 5.22. The maximum Gasteiger partial charge on any atom is 0.255 e. The molecule has 4 heteroatoms. The Morgan fingerprint density at radius 1 is 1.24 bits per heavy atom. The number of carbonyl (C=O) groups excluding carboxylic acids is 1. The minimum Gasteiger partial charge on any atom is -0.322 e. The molecule has 0 heterocycles. The number of hydrogen-bond acceptors (Lipinski definition) is 1. The predicted octanol–water partition coefficient (Wildman–Crippen LogP) is 5.50. The number of benzene rings is 1. The Morgan fingerprint density at radius 3 is 2.33 bits per heavy atom. The van der Waals surface area contributed by atoms with Crippen LogP contribution in [0, 0.1) is 5.82 Å². The Labute approximate surface area is 130 Å². The Morgan fingerprint density at radius 2 is 1.86 bits per heavy atom. The van der Waals surface area contributed by atoms with E-state index in [0.717, 1.165) is 17.6 Å². The molecule has 114 valence electrons. The van der Waals surface area contributed by atoms with Crippen molar-refractivity contribution in [2.45, 2.75) is 41.0 Å². The van der Waals surface area contributed by atoms with Crippen molar-refractivity contribution in [3.8, 4) is 0 Å². The van der Waals surface area contributed by atoms with E-state index in [-0.39, 0.29) is 10.9 Å². The van der Waals surface area contributed by atoms with Gasteiger partial charge in [0.05, 0.1) is 5.02 Å². The van der Waals surface area contributed by atoms with E-state index in [1.165, 1.54) is 23.8 Å². The lowest BCUT2D eigenvalue weighted by Crippen LogP contribution is -2.17. The van der Waals surface area contributed by atoms with Crippen LogP contribution in [-0.4, -0.2) is 5.91 Å². The van der Waals surface area contributed by atoms with Gasteiger partial charge in [-0.25, -0.2) is 4.39 Å². The van der Waals surface area contributed by atoms with Crippen molar-refractivity contribution in [3.63, 3.8) is 0 Å². The quantitative estimate of drug-likeness (QED) is 0.577. The maximum absolute atomic E-state index is 13.1. The molecular weight excluding hydrogens is 289 g/mol. The summed E-state index contributed by atoms with van der Waals surface area (Å²) in [7, 11) is 0. The molecule has 21 heavy (non-hydrogen) atoms. The molecule has 1 amide bonds. The number of carbonyl (C=O) groups is 1. The summed E-state index contributed by atoms with van der Waals surface area (Å²) in [5.74, 6) is -0.710. The first-order chi connectivity index (χ1) is 9.77. The highest BCUT2D eigenvalue weighted by Gasteiger charge is 2.15. The summed E-state index contributed by atoms with van der Waals surface area (Å²) < 4.78 is 13.1. The van der Waals surface area contributed by atoms with Crippen LogP contribution in [0.4, 0.5) is 10.1 Å². The van der Waals surface area contributed by atoms with Gasteiger partial charge in [0.15, 0.2) is 0 Å². The fourth-order valence-corrected chi connectivity index (χ4v) is 2.20. The van der Waals surface area contributed by atoms with Crippen LogP contribution in [0.1, 0.15) is 41.0 Å². The summed E-state index contributed by atoms with van der Waals surface area (Å²) in [6, 6.07) is 4.14. The number of amides is 1. The van der Waals surface area contributed by atoms with Crippen molar-refractivity contribution >= 4 is 23.2 Å². The molecule has 0 bridgehead atoms. The summed E-state index contributed by atoms with van der Waals surface area (Å²) in [5.41, 5.74) is 4.22. The van der Waals surface area contributed by atoms with E-state index in [1.54, 1.807) is 0 Å². The maximum atomic E-state index is 13.1. The molecule has 1 N–H and O–H groups in total. The lowest BCUT2D eigenvalue weighted by atomic mass is 9.96. The Hall–Kier alpha value is -1.61. The second kappa shape index (κ2) is 7.41. The van der Waals surface area contributed by atoms with Crippen molar-refractivity contribution in [1.29, 1.82) is 0 Å². The van der Waals surface area contributed by atoms with Crippen molar-refractivity contribution in [1.82, 2.24) is 0 Å². The third-order valence-corrected chi connectivity index (χ3v) is 3.74. The van der Waals surface area contributed by atoms with E-state index in [2.05, 4.69) is 12.2 Å². The van der Waals surface area contributed by atoms with Crippen LogP contribution in [0.3, 0.4) is 0 Å². The second-order valence-corrected chi connectivity index (χ2v) is 5.62. The highest BCUT2D eigenvalue weighted by atomic mass is 35.5. The van der Waals surface area contributed by atoms with Gasteiger partial charge in [0.25, 0.3) is 5.91 Å². The van der Waals surface area contributed by atoms with Gasteiger partial charge in [-0.15, -0.1) is 0 Å². The van der Waals surface area contributed by atoms with Crippen molar-refractivity contribution in [2.24, 2.45) is 0 Å². The molecule has 0 atom stereocenters. The number of rotatable bonds is 4. The van der Waals surface area contributed by atoms with Gasteiger partial charge in [-0.2, -0.15) is 0 Å². The zero-order valence-electron chi connectivity index (χ0n) is 13.1. The van der Waals surface area contributed by atoms with E-state index >= 15 is 0 Å². The van der Waals surface area contributed by atoms with Crippen molar-refractivity contribution < 1.29 is 9.18 Å². The van der Waals surface area contributed by atoms with E-state index in [9.17, 15) is 9.18 Å². The predicted molar refractivity (Wildman–Crippen MR) is 87.1 cm³/mol. The number of anilines is 1. The molecule has 0 aliphatic heterocycles. The van der Waals surface area contributed by atoms with Crippen LogP contribution in [0.5, 0.6) is 0 Å². The molecule has 1 aromatic rings. The van der Waals surface area contributed by atoms with E-state index in [4.69, 9.17) is 11.6 Å². The molecule has 0 unspecified atom stereocenters. The fourth-order valence-electron chi connectivity index (χ4n) is 2.02. The van der Waals surface area contributed by atoms with Crippen LogP contribution in [0.25, 0.3) is 0 Å². The highest BCUT2D eigenvalue weighted by Crippen LogP contribution is 2.24. The summed E-state index contributed by atoms with van der Waals surface area (Å²) in [4.78, 5) is 12.5. The standard InChI is InChI=1S/C17H21ClFNO/c1-6-11(4)12(5)16(10(2)3)17(21)20-13-7-8-15(19)14(18)9-13/h7-9H,6H2,1-5H3,(H,20,21)/b12-11-. The lowest BCUT2D eigenvalue weighted by Gasteiger charge is -2.14. The largest absolute Gasteiger partial charge is 0.322 e. The lowest BCUT2D eigenvalue weighted by molar-refractivity contribution is -0.112. The molecule has 0 radical (unpaired) electrons. The third kappa shape index (κ3) is 4.43. The zero-order chi connectivity index (χ0) is 16.2. The average molecular weight is 310 g/mol. The summed E-state index contributed by atoms with van der Waals surface area (Å²) >= 11 is 5.73. The van der Waals surface area contributed by atoms with Crippen molar-refractivity contribution in [2.75, 3.05) is 5.32 Å². The molecule has 0 saturated heterocycles. The molecule has 1 rings (SSSR count). The minimum atomic E-state index is -0.505. The third-order valence-electron chi connectivity index (χ3n) is 3.45. The first kappa shape index (κ1) is 17.4. The van der Waals surface area contributed by atoms with Crippen LogP contribution < -0.4 is 5.32 Å². The van der Waals surface area contributed by atoms with Gasteiger partial charge in [0.2, 0.25) is 0 Å². The summed E-state index contributed by atoms with van der Waals surface area (Å²) in [6.45, 7) is 9.82. The smallest absolute Gasteiger partial charge is 0.255 e. The van der Waals surface area contributed by atoms with Crippen LogP contribution in [0.2, 0.25) is 5.02 Å². The van der Waals surface area contributed by atoms with Gasteiger partial charge in [-0.1, -0.05) is 29.7 Å². The molecule has 1 aromatic carbocycles. The molecule has 0 aliphatic carbocycles. The SMILES string of the molecule is CC/C(C)=C(/C)C(C(=O)Nc1ccc(F)c(Cl)c1)=C(C)C. The van der Waals surface area contributed by atoms with Gasteiger partial charge >= 0.3 is 0 Å². The molecule has 0 aliphatic rings. The summed E-state index contributed by atoms with van der Waals surface area (Å²) in [5, 5.41) is 2.76. The van der Waals surface area contributed by atoms with Crippen LogP contribution in [0.15, 0.2) is 40.5 Å². The molecule has 0 fully saturated rings. The molecule has 0 saturated carbocycles. The van der Waals surface area contributed by atoms with E-state index < -0.39 is 5.82 Å². The average Bonchev–Trinajstić information content (AvgIpc) is 2.41. The topological polar surface area (TPSA) is 29.1 Å². The van der Waals surface area contributed by atoms with Gasteiger partial charge in [-0.05, 0) is 57.9 Å². The first-order valence-corrected chi connectivity index (χ1v) is 7.26. The fraction of sp³-hybridized carbons (Fsp3) is 0.353. The summed E-state index contributed by atoms with van der Waals surface area (Å²) in [6.07, 6.45) is 0.887. The van der Waals surface area contributed by atoms with Crippen molar-refractivity contribution in [3.05, 3.63) is 51.3 Å². The molecule has 0 aromatic heterocycles. The Kier molecular flexibility index (Phi) is 6.16. The van der Waals surface area contributed by atoms with Gasteiger partial charge < -0.3 is 5.32 Å². The van der Waals surface area contributed by atoms with Gasteiger partial charge in [0, 0.05) is 11.3 Å². The normalized spacial score (nSPS) is 11.8. The first-order valence-electron chi connectivity index (χ1n) is 6.88. The zero-order valence-corrected chi connectivity index (χ0v) is 13.9. The molecular formula is C17H21ClFNO. The van der Waals surface area contributed by atoms with E-state index in [1.807, 2.05) is 27.7 Å². The molecule has 0 spiro atoms. The van der Waals surface area contributed by atoms with Crippen LogP contribution >= 0.6 is 11.6 Å². The number of allylic oxidation sites excluding steroid dienone is 2. The van der Waals surface area contributed by atoms with Gasteiger partial charge in [0.1, 0.15) is 5.82 Å². The number of nitrogens with one attached hydrogen (secondary N) is 1.